The van der Waals surface area contributed by atoms with Crippen LogP contribution in [0.3, 0.4) is 0 Å². The first kappa shape index (κ1) is 25.3. The van der Waals surface area contributed by atoms with Gasteiger partial charge >= 0.3 is 0 Å². The van der Waals surface area contributed by atoms with E-state index in [1.165, 1.54) is 0 Å². The molecular formula is C20H28N4O5S. The molecule has 0 aliphatic heterocycles. The van der Waals surface area contributed by atoms with Gasteiger partial charge in [-0.3, -0.25) is 20.2 Å². The van der Waals surface area contributed by atoms with Gasteiger partial charge in [-0.2, -0.15) is 5.26 Å². The lowest BCUT2D eigenvalue weighted by Crippen LogP contribution is -2.50. The van der Waals surface area contributed by atoms with Crippen LogP contribution >= 0.6 is 0 Å². The molecule has 1 aromatic rings. The highest BCUT2D eigenvalue weighted by molar-refractivity contribution is 7.88. The van der Waals surface area contributed by atoms with Crippen molar-refractivity contribution in [2.24, 2.45) is 17.8 Å². The van der Waals surface area contributed by atoms with Gasteiger partial charge in [0.15, 0.2) is 0 Å². The molecule has 30 heavy (non-hydrogen) atoms. The van der Waals surface area contributed by atoms with Crippen molar-refractivity contribution in [3.63, 3.8) is 0 Å². The number of amides is 2. The van der Waals surface area contributed by atoms with Crippen molar-refractivity contribution in [2.45, 2.75) is 26.7 Å². The zero-order valence-electron chi connectivity index (χ0n) is 17.3. The maximum Gasteiger partial charge on any atom is 0.247 e. The number of benzene rings is 1. The van der Waals surface area contributed by atoms with Crippen molar-refractivity contribution in [1.82, 2.24) is 15.3 Å². The second-order valence-corrected chi connectivity index (χ2v) is 9.18. The molecule has 9 nitrogen and oxygen atoms in total. The number of carbonyl (C=O) groups excluding carboxylic acids is 2. The van der Waals surface area contributed by atoms with Crippen molar-refractivity contribution in [1.29, 1.82) is 5.26 Å². The number of rotatable bonds is 11. The van der Waals surface area contributed by atoms with E-state index in [0.717, 1.165) is 11.8 Å². The summed E-state index contributed by atoms with van der Waals surface area (Å²) in [5.41, 5.74) is 4.73. The highest BCUT2D eigenvalue weighted by Crippen LogP contribution is 2.25. The van der Waals surface area contributed by atoms with Gasteiger partial charge < -0.3 is 0 Å². The Morgan fingerprint density at radius 3 is 2.33 bits per heavy atom. The number of hydrogen-bond donors (Lipinski definition) is 3. The quantitative estimate of drug-likeness (QED) is 0.274. The summed E-state index contributed by atoms with van der Waals surface area (Å²) in [5, 5.41) is 18.0. The molecule has 0 radical (unpaired) electrons. The first-order valence-corrected chi connectivity index (χ1v) is 11.3. The molecule has 0 heterocycles. The van der Waals surface area contributed by atoms with Crippen molar-refractivity contribution in [3.8, 4) is 6.07 Å². The van der Waals surface area contributed by atoms with Crippen LogP contribution in [-0.4, -0.2) is 42.7 Å². The molecule has 3 N–H and O–H groups in total. The number of nitrogens with one attached hydrogen (secondary N) is 2. The lowest BCUT2D eigenvalue weighted by molar-refractivity contribution is -0.141. The minimum atomic E-state index is -3.87. The lowest BCUT2D eigenvalue weighted by Gasteiger charge is -2.27. The Morgan fingerprint density at radius 2 is 1.83 bits per heavy atom. The van der Waals surface area contributed by atoms with Gasteiger partial charge in [-0.05, 0) is 24.3 Å². The van der Waals surface area contributed by atoms with Crippen LogP contribution in [0.1, 0.15) is 32.3 Å². The fraction of sp³-hybridized carbons (Fsp3) is 0.450. The molecule has 0 saturated heterocycles. The standard InChI is InChI=1S/C20H28N4O5S/c1-15(2)14-18(19(25)22-24(13-12-21)30(3,28)29)17(20(26)23-27)11-7-10-16-8-5-4-6-9-16/h4-10,15,17-18,27H,11,13-14H2,1-3H3,(H,22,25)(H,23,26)/t17-,18+/m0/s1. The van der Waals surface area contributed by atoms with E-state index in [2.05, 4.69) is 5.43 Å². The van der Waals surface area contributed by atoms with Crippen LogP contribution in [0.2, 0.25) is 0 Å². The lowest BCUT2D eigenvalue weighted by atomic mass is 9.82. The second kappa shape index (κ2) is 12.1. The Kier molecular flexibility index (Phi) is 10.2. The molecule has 0 saturated carbocycles. The number of carbonyl (C=O) groups is 2. The van der Waals surface area contributed by atoms with Crippen LogP contribution in [0.25, 0.3) is 6.08 Å². The van der Waals surface area contributed by atoms with Crippen molar-refractivity contribution < 1.29 is 23.2 Å². The molecule has 1 aromatic carbocycles. The monoisotopic (exact) mass is 436 g/mol. The molecular weight excluding hydrogens is 408 g/mol. The van der Waals surface area contributed by atoms with Gasteiger partial charge in [0.25, 0.3) is 0 Å². The number of sulfonamides is 1. The van der Waals surface area contributed by atoms with E-state index in [0.29, 0.717) is 4.41 Å². The average Bonchev–Trinajstić information content (AvgIpc) is 2.68. The average molecular weight is 437 g/mol. The Morgan fingerprint density at radius 1 is 1.20 bits per heavy atom. The van der Waals surface area contributed by atoms with E-state index in [1.807, 2.05) is 44.2 Å². The maximum atomic E-state index is 12.9. The van der Waals surface area contributed by atoms with Crippen LogP contribution in [0, 0.1) is 29.1 Å². The maximum absolute atomic E-state index is 12.9. The summed E-state index contributed by atoms with van der Waals surface area (Å²) in [7, 11) is -3.87. The van der Waals surface area contributed by atoms with Gasteiger partial charge in [-0.1, -0.05) is 60.7 Å². The van der Waals surface area contributed by atoms with Crippen LogP contribution in [0.4, 0.5) is 0 Å². The van der Waals surface area contributed by atoms with E-state index in [-0.39, 0.29) is 18.8 Å². The normalized spacial score (nSPS) is 13.8. The summed E-state index contributed by atoms with van der Waals surface area (Å²) in [6, 6.07) is 11.0. The number of allylic oxidation sites excluding steroid dienone is 1. The van der Waals surface area contributed by atoms with E-state index in [4.69, 9.17) is 5.26 Å². The van der Waals surface area contributed by atoms with E-state index >= 15 is 0 Å². The number of hydrogen-bond acceptors (Lipinski definition) is 6. The molecule has 2 amide bonds. The van der Waals surface area contributed by atoms with E-state index in [9.17, 15) is 23.2 Å². The van der Waals surface area contributed by atoms with Gasteiger partial charge in [-0.15, -0.1) is 0 Å². The Bertz CT molecular complexity index is 878. The zero-order chi connectivity index (χ0) is 22.7. The molecule has 0 spiro atoms. The van der Waals surface area contributed by atoms with E-state index in [1.54, 1.807) is 23.7 Å². The molecule has 2 atom stereocenters. The van der Waals surface area contributed by atoms with Gasteiger partial charge in [0.05, 0.1) is 24.2 Å². The van der Waals surface area contributed by atoms with Gasteiger partial charge in [-0.25, -0.2) is 13.9 Å². The minimum absolute atomic E-state index is 0.00972. The van der Waals surface area contributed by atoms with Crippen LogP contribution in [-0.2, 0) is 19.6 Å². The molecule has 164 valence electrons. The predicted molar refractivity (Wildman–Crippen MR) is 112 cm³/mol. The third kappa shape index (κ3) is 8.32. The number of nitriles is 1. The molecule has 0 aromatic heterocycles. The first-order valence-electron chi connectivity index (χ1n) is 9.40. The minimum Gasteiger partial charge on any atom is -0.289 e. The summed E-state index contributed by atoms with van der Waals surface area (Å²) in [4.78, 5) is 25.2. The second-order valence-electron chi connectivity index (χ2n) is 7.27. The predicted octanol–water partition coefficient (Wildman–Crippen LogP) is 1.69. The van der Waals surface area contributed by atoms with Crippen LogP contribution < -0.4 is 10.9 Å². The molecule has 10 heteroatoms. The highest BCUT2D eigenvalue weighted by Gasteiger charge is 2.35. The zero-order valence-corrected chi connectivity index (χ0v) is 18.1. The Labute approximate surface area is 177 Å². The number of hydrazine groups is 1. The molecule has 0 aliphatic carbocycles. The molecule has 0 bridgehead atoms. The summed E-state index contributed by atoms with van der Waals surface area (Å²) in [5.74, 6) is -3.33. The van der Waals surface area contributed by atoms with Crippen molar-refractivity contribution >= 4 is 27.9 Å². The fourth-order valence-electron chi connectivity index (χ4n) is 2.92. The third-order valence-electron chi connectivity index (χ3n) is 4.34. The smallest absolute Gasteiger partial charge is 0.247 e. The highest BCUT2D eigenvalue weighted by atomic mass is 32.2. The molecule has 1 rings (SSSR count). The Balaban J connectivity index is 3.13. The summed E-state index contributed by atoms with van der Waals surface area (Å²) >= 11 is 0. The third-order valence-corrected chi connectivity index (χ3v) is 5.37. The number of nitrogens with zero attached hydrogens (tertiary/aromatic N) is 2. The summed E-state index contributed by atoms with van der Waals surface area (Å²) < 4.78 is 24.2. The van der Waals surface area contributed by atoms with Gasteiger partial charge in [0.2, 0.25) is 21.8 Å². The van der Waals surface area contributed by atoms with Crippen molar-refractivity contribution in [2.75, 3.05) is 12.8 Å². The summed E-state index contributed by atoms with van der Waals surface area (Å²) in [6.45, 7) is 3.15. The Hall–Kier alpha value is -2.74. The topological polar surface area (TPSA) is 140 Å². The fourth-order valence-corrected chi connectivity index (χ4v) is 3.47. The largest absolute Gasteiger partial charge is 0.289 e. The van der Waals surface area contributed by atoms with Gasteiger partial charge in [0, 0.05) is 0 Å². The summed E-state index contributed by atoms with van der Waals surface area (Å²) in [6.07, 6.45) is 4.79. The van der Waals surface area contributed by atoms with Crippen LogP contribution in [0.15, 0.2) is 36.4 Å². The number of hydroxylamine groups is 1. The molecule has 0 unspecified atom stereocenters. The molecule has 0 aliphatic rings. The first-order chi connectivity index (χ1) is 14.1. The van der Waals surface area contributed by atoms with Crippen molar-refractivity contribution in [3.05, 3.63) is 42.0 Å². The SMILES string of the molecule is CC(C)C[C@@H](C(=O)NN(CC#N)S(C)(=O)=O)[C@H](CC=Cc1ccccc1)C(=O)NO. The van der Waals surface area contributed by atoms with Crippen LogP contribution in [0.5, 0.6) is 0 Å². The van der Waals surface area contributed by atoms with E-state index < -0.39 is 40.2 Å². The molecule has 0 fully saturated rings. The van der Waals surface area contributed by atoms with Gasteiger partial charge in [0.1, 0.15) is 6.54 Å².